The minimum absolute atomic E-state index is 0.00937. The summed E-state index contributed by atoms with van der Waals surface area (Å²) < 4.78 is 11.0. The fraction of sp³-hybridized carbons (Fsp3) is 0.769. The highest BCUT2D eigenvalue weighted by Gasteiger charge is 2.49. The van der Waals surface area contributed by atoms with Gasteiger partial charge in [0, 0.05) is 6.54 Å². The third-order valence-electron chi connectivity index (χ3n) is 3.80. The molecule has 2 saturated heterocycles. The Morgan fingerprint density at radius 1 is 1.61 bits per heavy atom. The number of hydrogen-bond donors (Lipinski definition) is 1. The first kappa shape index (κ1) is 13.4. The summed E-state index contributed by atoms with van der Waals surface area (Å²) in [4.78, 5) is 12.9. The van der Waals surface area contributed by atoms with Gasteiger partial charge in [-0.05, 0) is 32.7 Å². The van der Waals surface area contributed by atoms with Crippen molar-refractivity contribution in [1.29, 1.82) is 0 Å². The summed E-state index contributed by atoms with van der Waals surface area (Å²) >= 11 is 0. The summed E-state index contributed by atoms with van der Waals surface area (Å²) in [6.07, 6.45) is 3.13. The van der Waals surface area contributed by atoms with Crippen LogP contribution in [-0.4, -0.2) is 53.9 Å². The highest BCUT2D eigenvalue weighted by Crippen LogP contribution is 2.40. The molecule has 0 aromatic rings. The Bertz CT molecular complexity index is 344. The molecular weight excluding hydrogens is 234 g/mol. The van der Waals surface area contributed by atoms with Crippen LogP contribution in [0.5, 0.6) is 0 Å². The number of nitrogens with zero attached hydrogens (tertiary/aromatic N) is 1. The fourth-order valence-electron chi connectivity index (χ4n) is 3.03. The predicted molar refractivity (Wildman–Crippen MR) is 66.3 cm³/mol. The van der Waals surface area contributed by atoms with Gasteiger partial charge in [-0.25, -0.2) is 4.79 Å². The molecule has 0 amide bonds. The van der Waals surface area contributed by atoms with Crippen molar-refractivity contribution in [3.63, 3.8) is 0 Å². The van der Waals surface area contributed by atoms with Crippen molar-refractivity contribution in [2.75, 3.05) is 26.3 Å². The number of rotatable bonds is 6. The second-order valence-corrected chi connectivity index (χ2v) is 5.30. The van der Waals surface area contributed by atoms with E-state index in [1.165, 1.54) is 6.42 Å². The van der Waals surface area contributed by atoms with Gasteiger partial charge in [-0.2, -0.15) is 0 Å². The van der Waals surface area contributed by atoms with Gasteiger partial charge in [-0.1, -0.05) is 6.58 Å². The molecule has 102 valence electrons. The average molecular weight is 255 g/mol. The lowest BCUT2D eigenvalue weighted by Crippen LogP contribution is -2.42. The molecule has 2 fully saturated rings. The van der Waals surface area contributed by atoms with Gasteiger partial charge in [0.15, 0.2) is 0 Å². The van der Waals surface area contributed by atoms with Crippen LogP contribution in [-0.2, 0) is 14.3 Å². The van der Waals surface area contributed by atoms with E-state index in [2.05, 4.69) is 11.5 Å². The van der Waals surface area contributed by atoms with Gasteiger partial charge >= 0.3 is 5.97 Å². The first-order valence-electron chi connectivity index (χ1n) is 6.39. The van der Waals surface area contributed by atoms with Crippen LogP contribution in [0.15, 0.2) is 12.3 Å². The quantitative estimate of drug-likeness (QED) is 0.724. The number of carbonyl (C=O) groups is 1. The lowest BCUT2D eigenvalue weighted by molar-refractivity contribution is -0.144. The summed E-state index contributed by atoms with van der Waals surface area (Å²) in [5.74, 6) is -0.180. The van der Waals surface area contributed by atoms with Crippen LogP contribution in [0.4, 0.5) is 0 Å². The Kier molecular flexibility index (Phi) is 3.92. The van der Waals surface area contributed by atoms with E-state index in [1.54, 1.807) is 0 Å². The molecular formula is C13H21NO4. The van der Waals surface area contributed by atoms with Crippen molar-refractivity contribution >= 4 is 5.97 Å². The van der Waals surface area contributed by atoms with E-state index in [4.69, 9.17) is 14.6 Å². The van der Waals surface area contributed by atoms with Crippen LogP contribution in [0.3, 0.4) is 0 Å². The summed E-state index contributed by atoms with van der Waals surface area (Å²) in [6, 6.07) is 0. The third kappa shape index (κ3) is 2.84. The lowest BCUT2D eigenvalue weighted by atomic mass is 9.94. The van der Waals surface area contributed by atoms with Crippen molar-refractivity contribution in [2.45, 2.75) is 37.8 Å². The van der Waals surface area contributed by atoms with Crippen molar-refractivity contribution in [1.82, 2.24) is 4.90 Å². The molecule has 0 radical (unpaired) electrons. The SMILES string of the molecule is C=C(C)OCC12CCCN1CC(OCC(=O)O)C2. The maximum absolute atomic E-state index is 10.5. The second kappa shape index (κ2) is 5.28. The van der Waals surface area contributed by atoms with Gasteiger partial charge in [-0.15, -0.1) is 0 Å². The molecule has 2 heterocycles. The van der Waals surface area contributed by atoms with Gasteiger partial charge in [0.2, 0.25) is 0 Å². The second-order valence-electron chi connectivity index (χ2n) is 5.30. The van der Waals surface area contributed by atoms with Gasteiger partial charge in [0.05, 0.1) is 17.4 Å². The van der Waals surface area contributed by atoms with Crippen molar-refractivity contribution < 1.29 is 19.4 Å². The molecule has 0 saturated carbocycles. The Labute approximate surface area is 107 Å². The largest absolute Gasteiger partial charge is 0.497 e. The Morgan fingerprint density at radius 2 is 2.39 bits per heavy atom. The van der Waals surface area contributed by atoms with Gasteiger partial charge < -0.3 is 14.6 Å². The Morgan fingerprint density at radius 3 is 3.06 bits per heavy atom. The third-order valence-corrected chi connectivity index (χ3v) is 3.80. The van der Waals surface area contributed by atoms with Gasteiger partial charge in [0.25, 0.3) is 0 Å². The highest BCUT2D eigenvalue weighted by molar-refractivity contribution is 5.68. The van der Waals surface area contributed by atoms with E-state index in [0.29, 0.717) is 6.61 Å². The standard InChI is InChI=1S/C13H21NO4/c1-10(2)18-9-13-4-3-5-14(13)7-11(6-13)17-8-12(15)16/h11H,1,3-9H2,2H3,(H,15,16). The van der Waals surface area contributed by atoms with Crippen LogP contribution >= 0.6 is 0 Å². The molecule has 2 rings (SSSR count). The maximum atomic E-state index is 10.5. The van der Waals surface area contributed by atoms with Crippen LogP contribution in [0.1, 0.15) is 26.2 Å². The van der Waals surface area contributed by atoms with E-state index in [1.807, 2.05) is 6.92 Å². The molecule has 0 aromatic heterocycles. The molecule has 0 bridgehead atoms. The smallest absolute Gasteiger partial charge is 0.329 e. The number of aliphatic carboxylic acids is 1. The van der Waals surface area contributed by atoms with Crippen LogP contribution in [0, 0.1) is 0 Å². The molecule has 0 spiro atoms. The summed E-state index contributed by atoms with van der Waals surface area (Å²) in [6.45, 7) is 7.89. The molecule has 2 aliphatic rings. The van der Waals surface area contributed by atoms with E-state index >= 15 is 0 Å². The van der Waals surface area contributed by atoms with E-state index in [9.17, 15) is 4.79 Å². The highest BCUT2D eigenvalue weighted by atomic mass is 16.5. The minimum Gasteiger partial charge on any atom is -0.497 e. The predicted octanol–water partition coefficient (Wildman–Crippen LogP) is 1.24. The zero-order valence-electron chi connectivity index (χ0n) is 10.9. The first-order valence-corrected chi connectivity index (χ1v) is 6.39. The summed E-state index contributed by atoms with van der Waals surface area (Å²) in [5, 5.41) is 8.64. The van der Waals surface area contributed by atoms with Gasteiger partial charge in [-0.3, -0.25) is 4.90 Å². The molecule has 5 heteroatoms. The Hall–Kier alpha value is -1.07. The number of carboxylic acids is 1. The summed E-state index contributed by atoms with van der Waals surface area (Å²) in [5.41, 5.74) is 0.0299. The molecule has 2 unspecified atom stereocenters. The van der Waals surface area contributed by atoms with Crippen LogP contribution < -0.4 is 0 Å². The number of allylic oxidation sites excluding steroid dienone is 1. The maximum Gasteiger partial charge on any atom is 0.329 e. The fourth-order valence-corrected chi connectivity index (χ4v) is 3.03. The molecule has 1 N–H and O–H groups in total. The number of hydrogen-bond acceptors (Lipinski definition) is 4. The lowest BCUT2D eigenvalue weighted by Gasteiger charge is -2.31. The normalized spacial score (nSPS) is 31.3. The van der Waals surface area contributed by atoms with Crippen LogP contribution in [0.25, 0.3) is 0 Å². The zero-order chi connectivity index (χ0) is 13.2. The number of fused-ring (bicyclic) bond motifs is 1. The van der Waals surface area contributed by atoms with Gasteiger partial charge in [0.1, 0.15) is 13.2 Å². The minimum atomic E-state index is -0.908. The average Bonchev–Trinajstić information content (AvgIpc) is 2.79. The number of carboxylic acid groups (broad SMARTS) is 1. The van der Waals surface area contributed by atoms with E-state index in [-0.39, 0.29) is 18.2 Å². The monoisotopic (exact) mass is 255 g/mol. The molecule has 2 aliphatic heterocycles. The number of ether oxygens (including phenoxy) is 2. The Balaban J connectivity index is 1.92. The van der Waals surface area contributed by atoms with E-state index in [0.717, 1.165) is 31.7 Å². The molecule has 0 aromatic carbocycles. The van der Waals surface area contributed by atoms with Crippen molar-refractivity contribution in [3.05, 3.63) is 12.3 Å². The van der Waals surface area contributed by atoms with Crippen molar-refractivity contribution in [2.24, 2.45) is 0 Å². The van der Waals surface area contributed by atoms with Crippen LogP contribution in [0.2, 0.25) is 0 Å². The first-order chi connectivity index (χ1) is 8.52. The zero-order valence-corrected chi connectivity index (χ0v) is 10.9. The molecule has 2 atom stereocenters. The van der Waals surface area contributed by atoms with E-state index < -0.39 is 5.97 Å². The molecule has 18 heavy (non-hydrogen) atoms. The van der Waals surface area contributed by atoms with Crippen molar-refractivity contribution in [3.8, 4) is 0 Å². The summed E-state index contributed by atoms with van der Waals surface area (Å²) in [7, 11) is 0. The topological polar surface area (TPSA) is 59.0 Å². The molecule has 0 aliphatic carbocycles. The molecule has 5 nitrogen and oxygen atoms in total.